The average molecular weight is 361 g/mol. The Bertz CT molecular complexity index is 890. The van der Waals surface area contributed by atoms with Crippen LogP contribution in [0.1, 0.15) is 16.7 Å². The summed E-state index contributed by atoms with van der Waals surface area (Å²) in [5, 5.41) is 0. The second-order valence-corrected chi connectivity index (χ2v) is 5.81. The molecule has 0 fully saturated rings. The van der Waals surface area contributed by atoms with E-state index in [1.54, 1.807) is 30.5 Å². The van der Waals surface area contributed by atoms with Crippen molar-refractivity contribution in [1.82, 2.24) is 9.97 Å². The third-order valence-corrected chi connectivity index (χ3v) is 4.01. The summed E-state index contributed by atoms with van der Waals surface area (Å²) in [6.45, 7) is 1.91. The minimum absolute atomic E-state index is 0.0128. The zero-order chi connectivity index (χ0) is 18.7. The van der Waals surface area contributed by atoms with Crippen molar-refractivity contribution < 1.29 is 17.6 Å². The van der Waals surface area contributed by atoms with Gasteiger partial charge < -0.3 is 4.90 Å². The molecule has 0 saturated heterocycles. The molecule has 3 rings (SSSR count). The highest BCUT2D eigenvalue weighted by atomic mass is 19.2. The Balaban J connectivity index is 2.08. The quantitative estimate of drug-likeness (QED) is 0.493. The molecule has 0 unspecified atom stereocenters. The highest BCUT2D eigenvalue weighted by Gasteiger charge is 2.26. The van der Waals surface area contributed by atoms with Gasteiger partial charge in [0.2, 0.25) is 11.6 Å². The lowest BCUT2D eigenvalue weighted by Crippen LogP contribution is -2.26. The largest absolute Gasteiger partial charge is 0.358 e. The first kappa shape index (κ1) is 17.8. The Labute approximate surface area is 148 Å². The number of halogens is 4. The number of aryl methyl sites for hydroxylation is 1. The summed E-state index contributed by atoms with van der Waals surface area (Å²) in [4.78, 5) is 7.82. The van der Waals surface area contributed by atoms with Crippen molar-refractivity contribution in [3.05, 3.63) is 89.0 Å². The molecule has 0 bridgehead atoms. The molecular weight excluding hydrogens is 346 g/mol. The molecule has 134 valence electrons. The predicted molar refractivity (Wildman–Crippen MR) is 89.4 cm³/mol. The molecule has 26 heavy (non-hydrogen) atoms. The molecule has 0 saturated carbocycles. The summed E-state index contributed by atoms with van der Waals surface area (Å²) in [5.74, 6) is -6.41. The first-order valence-corrected chi connectivity index (χ1v) is 7.85. The van der Waals surface area contributed by atoms with E-state index in [2.05, 4.69) is 9.97 Å². The van der Waals surface area contributed by atoms with E-state index in [1.807, 2.05) is 19.1 Å². The molecule has 0 spiro atoms. The number of pyridine rings is 2. The number of hydrogen-bond acceptors (Lipinski definition) is 3. The smallest absolute Gasteiger partial charge is 0.253 e. The topological polar surface area (TPSA) is 29.0 Å². The van der Waals surface area contributed by atoms with Crippen molar-refractivity contribution in [3.63, 3.8) is 0 Å². The van der Waals surface area contributed by atoms with Gasteiger partial charge in [-0.2, -0.15) is 22.5 Å². The number of rotatable bonds is 5. The highest BCUT2D eigenvalue weighted by molar-refractivity contribution is 5.50. The monoisotopic (exact) mass is 361 g/mol. The van der Waals surface area contributed by atoms with E-state index in [-0.39, 0.29) is 13.1 Å². The van der Waals surface area contributed by atoms with E-state index in [9.17, 15) is 17.6 Å². The summed E-state index contributed by atoms with van der Waals surface area (Å²) in [7, 11) is 0. The Morgan fingerprint density at radius 1 is 0.885 bits per heavy atom. The van der Waals surface area contributed by atoms with Crippen LogP contribution in [0.3, 0.4) is 0 Å². The zero-order valence-electron chi connectivity index (χ0n) is 13.9. The third kappa shape index (κ3) is 3.66. The summed E-state index contributed by atoms with van der Waals surface area (Å²) in [5.41, 5.74) is 1.51. The zero-order valence-corrected chi connectivity index (χ0v) is 13.9. The van der Waals surface area contributed by atoms with Crippen LogP contribution < -0.4 is 4.90 Å². The lowest BCUT2D eigenvalue weighted by atomic mass is 10.1. The van der Waals surface area contributed by atoms with Crippen LogP contribution >= 0.6 is 0 Å². The summed E-state index contributed by atoms with van der Waals surface area (Å²) >= 11 is 0. The minimum Gasteiger partial charge on any atom is -0.358 e. The number of benzene rings is 1. The van der Waals surface area contributed by atoms with Crippen LogP contribution in [0.25, 0.3) is 0 Å². The van der Waals surface area contributed by atoms with E-state index >= 15 is 0 Å². The predicted octanol–water partition coefficient (Wildman–Crippen LogP) is 4.55. The molecular formula is C19H15F4N3. The van der Waals surface area contributed by atoms with Crippen molar-refractivity contribution in [2.45, 2.75) is 20.0 Å². The molecule has 0 N–H and O–H groups in total. The van der Waals surface area contributed by atoms with E-state index in [1.165, 1.54) is 11.1 Å². The van der Waals surface area contributed by atoms with Crippen molar-refractivity contribution in [2.75, 3.05) is 4.90 Å². The van der Waals surface area contributed by atoms with Crippen molar-refractivity contribution >= 4 is 5.69 Å². The van der Waals surface area contributed by atoms with Crippen LogP contribution in [0.4, 0.5) is 23.2 Å². The molecule has 0 radical (unpaired) electrons. The lowest BCUT2D eigenvalue weighted by Gasteiger charge is -2.26. The first-order chi connectivity index (χ1) is 12.5. The molecule has 1 aromatic carbocycles. The molecule has 2 heterocycles. The fraction of sp³-hybridized carbons (Fsp3) is 0.158. The normalized spacial score (nSPS) is 10.8. The average Bonchev–Trinajstić information content (AvgIpc) is 2.63. The maximum atomic E-state index is 14.3. The van der Waals surface area contributed by atoms with Gasteiger partial charge in [0, 0.05) is 25.5 Å². The highest BCUT2D eigenvalue weighted by Crippen LogP contribution is 2.29. The summed E-state index contributed by atoms with van der Waals surface area (Å²) in [6.07, 6.45) is 3.08. The fourth-order valence-electron chi connectivity index (χ4n) is 2.67. The van der Waals surface area contributed by atoms with Crippen LogP contribution in [-0.2, 0) is 13.1 Å². The molecule has 2 aromatic heterocycles. The molecule has 3 aromatic rings. The van der Waals surface area contributed by atoms with Crippen LogP contribution in [0.5, 0.6) is 0 Å². The van der Waals surface area contributed by atoms with Gasteiger partial charge in [0.1, 0.15) is 5.69 Å². The standard InChI is InChI=1S/C19H15F4N3/c1-12-5-2-3-7-14(12)11-26(10-13-6-4-8-24-9-13)17-15(20)18(22)25-19(23)16(17)21/h2-9H,10-11H2,1H3. The second-order valence-electron chi connectivity index (χ2n) is 5.81. The molecule has 0 aliphatic carbocycles. The Hall–Kier alpha value is -2.96. The van der Waals surface area contributed by atoms with Crippen LogP contribution in [0.2, 0.25) is 0 Å². The van der Waals surface area contributed by atoms with E-state index < -0.39 is 29.2 Å². The van der Waals surface area contributed by atoms with Crippen LogP contribution in [-0.4, -0.2) is 9.97 Å². The summed E-state index contributed by atoms with van der Waals surface area (Å²) < 4.78 is 55.8. The van der Waals surface area contributed by atoms with Gasteiger partial charge in [-0.3, -0.25) is 4.98 Å². The van der Waals surface area contributed by atoms with Gasteiger partial charge in [0.15, 0.2) is 0 Å². The molecule has 7 heteroatoms. The number of anilines is 1. The van der Waals surface area contributed by atoms with Gasteiger partial charge >= 0.3 is 0 Å². The third-order valence-electron chi connectivity index (χ3n) is 4.01. The SMILES string of the molecule is Cc1ccccc1CN(Cc1cccnc1)c1c(F)c(F)nc(F)c1F. The van der Waals surface area contributed by atoms with Crippen LogP contribution in [0, 0.1) is 30.5 Å². The van der Waals surface area contributed by atoms with E-state index in [0.29, 0.717) is 5.56 Å². The Morgan fingerprint density at radius 3 is 2.19 bits per heavy atom. The lowest BCUT2D eigenvalue weighted by molar-refractivity contribution is 0.405. The second kappa shape index (κ2) is 7.51. The van der Waals surface area contributed by atoms with E-state index in [0.717, 1.165) is 11.1 Å². The minimum atomic E-state index is -1.68. The molecule has 0 aliphatic rings. The molecule has 0 aliphatic heterocycles. The van der Waals surface area contributed by atoms with Crippen molar-refractivity contribution in [3.8, 4) is 0 Å². The molecule has 0 amide bonds. The van der Waals surface area contributed by atoms with Crippen LogP contribution in [0.15, 0.2) is 48.8 Å². The van der Waals surface area contributed by atoms with Crippen molar-refractivity contribution in [1.29, 1.82) is 0 Å². The van der Waals surface area contributed by atoms with Gasteiger partial charge in [-0.15, -0.1) is 0 Å². The Morgan fingerprint density at radius 2 is 1.58 bits per heavy atom. The molecule has 0 atom stereocenters. The van der Waals surface area contributed by atoms with Gasteiger partial charge in [-0.25, -0.2) is 0 Å². The molecule has 3 nitrogen and oxygen atoms in total. The van der Waals surface area contributed by atoms with E-state index in [4.69, 9.17) is 0 Å². The van der Waals surface area contributed by atoms with Gasteiger partial charge in [-0.1, -0.05) is 30.3 Å². The number of nitrogens with zero attached hydrogens (tertiary/aromatic N) is 3. The number of hydrogen-bond donors (Lipinski definition) is 0. The van der Waals surface area contributed by atoms with Crippen molar-refractivity contribution in [2.24, 2.45) is 0 Å². The van der Waals surface area contributed by atoms with Gasteiger partial charge in [-0.05, 0) is 29.7 Å². The fourth-order valence-corrected chi connectivity index (χ4v) is 2.67. The maximum absolute atomic E-state index is 14.3. The summed E-state index contributed by atoms with van der Waals surface area (Å²) in [6, 6.07) is 10.6. The first-order valence-electron chi connectivity index (χ1n) is 7.85. The number of aromatic nitrogens is 2. The van der Waals surface area contributed by atoms with Gasteiger partial charge in [0.25, 0.3) is 11.9 Å². The Kier molecular flexibility index (Phi) is 5.16. The van der Waals surface area contributed by atoms with Gasteiger partial charge in [0.05, 0.1) is 0 Å². The maximum Gasteiger partial charge on any atom is 0.253 e.